The molecule has 17 heavy (non-hydrogen) atoms. The molecule has 4 nitrogen and oxygen atoms in total. The van der Waals surface area contributed by atoms with Gasteiger partial charge in [-0.15, -0.1) is 0 Å². The monoisotopic (exact) mass is 241 g/mol. The number of nitriles is 1. The lowest BCUT2D eigenvalue weighted by Crippen LogP contribution is -2.36. The lowest BCUT2D eigenvalue weighted by atomic mass is 10.2. The van der Waals surface area contributed by atoms with E-state index in [4.69, 9.17) is 19.5 Å². The molecule has 0 radical (unpaired) electrons. The molecule has 0 N–H and O–H groups in total. The molecule has 0 amide bonds. The number of rotatable bonds is 9. The Labute approximate surface area is 104 Å². The summed E-state index contributed by atoms with van der Waals surface area (Å²) in [6.45, 7) is 3.79. The first kappa shape index (κ1) is 16.1. The van der Waals surface area contributed by atoms with Crippen LogP contribution < -0.4 is 0 Å². The van der Waals surface area contributed by atoms with Crippen LogP contribution in [0.5, 0.6) is 0 Å². The van der Waals surface area contributed by atoms with E-state index in [-0.39, 0.29) is 0 Å². The molecule has 0 aliphatic carbocycles. The van der Waals surface area contributed by atoms with Crippen molar-refractivity contribution >= 4 is 0 Å². The molecular formula is C13H23NO3. The summed E-state index contributed by atoms with van der Waals surface area (Å²) < 4.78 is 15.5. The van der Waals surface area contributed by atoms with Gasteiger partial charge in [0, 0.05) is 21.1 Å². The van der Waals surface area contributed by atoms with Crippen LogP contribution in [0.2, 0.25) is 0 Å². The minimum Gasteiger partial charge on any atom is -0.331 e. The highest BCUT2D eigenvalue weighted by atomic mass is 16.9. The molecule has 0 heterocycles. The van der Waals surface area contributed by atoms with Crippen LogP contribution >= 0.6 is 0 Å². The highest BCUT2D eigenvalue weighted by Crippen LogP contribution is 2.15. The fourth-order valence-electron chi connectivity index (χ4n) is 1.25. The van der Waals surface area contributed by atoms with Crippen LogP contribution in [-0.4, -0.2) is 26.3 Å². The number of allylic oxidation sites excluding steroid dienone is 1. The van der Waals surface area contributed by atoms with Gasteiger partial charge in [0.25, 0.3) is 5.97 Å². The molecule has 0 bridgehead atoms. The number of nitrogens with zero attached hydrogens (tertiary/aromatic N) is 1. The standard InChI is InChI=1S/C13H23NO3/c1-5-6-7-8-9-10-12(11-14)17-13(2,15-3)16-4/h9-10,12H,5-8H2,1-4H3/b10-9+. The first-order valence-electron chi connectivity index (χ1n) is 5.96. The highest BCUT2D eigenvalue weighted by molar-refractivity contribution is 5.02. The number of hydrogen-bond donors (Lipinski definition) is 0. The van der Waals surface area contributed by atoms with Crippen LogP contribution in [0.1, 0.15) is 39.5 Å². The van der Waals surface area contributed by atoms with E-state index in [1.165, 1.54) is 27.1 Å². The first-order valence-corrected chi connectivity index (χ1v) is 5.96. The average molecular weight is 241 g/mol. The smallest absolute Gasteiger partial charge is 0.280 e. The summed E-state index contributed by atoms with van der Waals surface area (Å²) in [5.74, 6) is -1.17. The fourth-order valence-corrected chi connectivity index (χ4v) is 1.25. The van der Waals surface area contributed by atoms with Gasteiger partial charge < -0.3 is 14.2 Å². The molecule has 0 aliphatic heterocycles. The van der Waals surface area contributed by atoms with Crippen molar-refractivity contribution in [3.05, 3.63) is 12.2 Å². The Kier molecular flexibility index (Phi) is 8.69. The lowest BCUT2D eigenvalue weighted by Gasteiger charge is -2.27. The Morgan fingerprint density at radius 3 is 2.41 bits per heavy atom. The first-order chi connectivity index (χ1) is 8.11. The van der Waals surface area contributed by atoms with Gasteiger partial charge >= 0.3 is 0 Å². The van der Waals surface area contributed by atoms with Gasteiger partial charge in [-0.25, -0.2) is 0 Å². The van der Waals surface area contributed by atoms with E-state index in [1.807, 2.05) is 12.1 Å². The maximum atomic E-state index is 8.95. The van der Waals surface area contributed by atoms with E-state index < -0.39 is 12.1 Å². The van der Waals surface area contributed by atoms with Crippen molar-refractivity contribution in [2.45, 2.75) is 51.6 Å². The Balaban J connectivity index is 4.12. The number of unbranched alkanes of at least 4 members (excludes halogenated alkanes) is 3. The van der Waals surface area contributed by atoms with Crippen LogP contribution in [0.4, 0.5) is 0 Å². The molecule has 0 rings (SSSR count). The van der Waals surface area contributed by atoms with Crippen molar-refractivity contribution in [3.8, 4) is 6.07 Å². The van der Waals surface area contributed by atoms with Gasteiger partial charge in [0.15, 0.2) is 6.10 Å². The van der Waals surface area contributed by atoms with Crippen LogP contribution in [-0.2, 0) is 14.2 Å². The topological polar surface area (TPSA) is 51.5 Å². The number of ether oxygens (including phenoxy) is 3. The maximum Gasteiger partial charge on any atom is 0.280 e. The van der Waals surface area contributed by atoms with E-state index in [0.29, 0.717) is 0 Å². The van der Waals surface area contributed by atoms with Crippen LogP contribution in [0.3, 0.4) is 0 Å². The van der Waals surface area contributed by atoms with Crippen molar-refractivity contribution in [3.63, 3.8) is 0 Å². The number of hydrogen-bond acceptors (Lipinski definition) is 4. The van der Waals surface area contributed by atoms with Crippen molar-refractivity contribution in [2.24, 2.45) is 0 Å². The average Bonchev–Trinajstić information content (AvgIpc) is 2.37. The van der Waals surface area contributed by atoms with Gasteiger partial charge in [0.05, 0.1) is 6.07 Å². The molecule has 0 aromatic rings. The Bertz CT molecular complexity index is 254. The summed E-state index contributed by atoms with van der Waals surface area (Å²) in [6.07, 6.45) is 7.55. The summed E-state index contributed by atoms with van der Waals surface area (Å²) in [5, 5.41) is 8.95. The Morgan fingerprint density at radius 2 is 1.94 bits per heavy atom. The van der Waals surface area contributed by atoms with Crippen LogP contribution in [0.15, 0.2) is 12.2 Å². The summed E-state index contributed by atoms with van der Waals surface area (Å²) in [6, 6.07) is 2.05. The second kappa shape index (κ2) is 9.17. The highest BCUT2D eigenvalue weighted by Gasteiger charge is 2.27. The SMILES string of the molecule is CCCCC/C=C/C(C#N)OC(C)(OC)OC. The predicted octanol–water partition coefficient (Wildman–Crippen LogP) is 3.00. The molecule has 0 aromatic heterocycles. The van der Waals surface area contributed by atoms with Crippen molar-refractivity contribution in [1.82, 2.24) is 0 Å². The molecule has 0 spiro atoms. The van der Waals surface area contributed by atoms with Crippen molar-refractivity contribution in [1.29, 1.82) is 5.26 Å². The summed E-state index contributed by atoms with van der Waals surface area (Å²) in [4.78, 5) is 0. The molecule has 0 aliphatic rings. The van der Waals surface area contributed by atoms with E-state index in [2.05, 4.69) is 6.92 Å². The van der Waals surface area contributed by atoms with Gasteiger partial charge in [-0.05, 0) is 18.9 Å². The van der Waals surface area contributed by atoms with Crippen molar-refractivity contribution in [2.75, 3.05) is 14.2 Å². The molecule has 98 valence electrons. The zero-order valence-electron chi connectivity index (χ0n) is 11.2. The zero-order valence-corrected chi connectivity index (χ0v) is 11.2. The third kappa shape index (κ3) is 7.11. The van der Waals surface area contributed by atoms with Crippen molar-refractivity contribution < 1.29 is 14.2 Å². The predicted molar refractivity (Wildman–Crippen MR) is 66.2 cm³/mol. The maximum absolute atomic E-state index is 8.95. The minimum atomic E-state index is -1.17. The van der Waals surface area contributed by atoms with E-state index in [0.717, 1.165) is 12.8 Å². The van der Waals surface area contributed by atoms with Gasteiger partial charge in [-0.1, -0.05) is 25.8 Å². The van der Waals surface area contributed by atoms with Gasteiger partial charge in [-0.3, -0.25) is 0 Å². The summed E-state index contributed by atoms with van der Waals surface area (Å²) >= 11 is 0. The quantitative estimate of drug-likeness (QED) is 0.354. The van der Waals surface area contributed by atoms with Crippen LogP contribution in [0.25, 0.3) is 0 Å². The molecular weight excluding hydrogens is 218 g/mol. The van der Waals surface area contributed by atoms with E-state index in [1.54, 1.807) is 13.0 Å². The summed E-state index contributed by atoms with van der Waals surface area (Å²) in [7, 11) is 2.95. The van der Waals surface area contributed by atoms with E-state index in [9.17, 15) is 0 Å². The largest absolute Gasteiger partial charge is 0.331 e. The molecule has 4 heteroatoms. The van der Waals surface area contributed by atoms with Gasteiger partial charge in [0.1, 0.15) is 0 Å². The lowest BCUT2D eigenvalue weighted by molar-refractivity contribution is -0.354. The molecule has 1 atom stereocenters. The van der Waals surface area contributed by atoms with E-state index >= 15 is 0 Å². The second-order valence-corrected chi connectivity index (χ2v) is 3.86. The van der Waals surface area contributed by atoms with Gasteiger partial charge in [0.2, 0.25) is 0 Å². The fraction of sp³-hybridized carbons (Fsp3) is 0.769. The Hall–Kier alpha value is -0.890. The molecule has 0 fully saturated rings. The number of methoxy groups -OCH3 is 2. The molecule has 0 saturated carbocycles. The Morgan fingerprint density at radius 1 is 1.29 bits per heavy atom. The van der Waals surface area contributed by atoms with Crippen LogP contribution in [0, 0.1) is 11.3 Å². The zero-order chi connectivity index (χ0) is 13.1. The third-order valence-corrected chi connectivity index (χ3v) is 2.50. The third-order valence-electron chi connectivity index (χ3n) is 2.50. The molecule has 0 saturated heterocycles. The minimum absolute atomic E-state index is 0.651. The molecule has 1 unspecified atom stereocenters. The molecule has 0 aromatic carbocycles. The summed E-state index contributed by atoms with van der Waals surface area (Å²) in [5.41, 5.74) is 0. The van der Waals surface area contributed by atoms with Gasteiger partial charge in [-0.2, -0.15) is 5.26 Å². The second-order valence-electron chi connectivity index (χ2n) is 3.86. The normalized spacial score (nSPS) is 13.8.